The average Bonchev–Trinajstić information content (AvgIpc) is 2.72. The molecule has 2 aromatic rings. The lowest BCUT2D eigenvalue weighted by molar-refractivity contribution is -0.139. The number of hydrogen-bond donors (Lipinski definition) is 0. The summed E-state index contributed by atoms with van der Waals surface area (Å²) in [7, 11) is 0. The first-order valence-electron chi connectivity index (χ1n) is 10.6. The van der Waals surface area contributed by atoms with Crippen LogP contribution < -0.4 is 0 Å². The second-order valence-electron chi connectivity index (χ2n) is 8.69. The Morgan fingerprint density at radius 1 is 1.04 bits per heavy atom. The smallest absolute Gasteiger partial charge is 0.222 e. The summed E-state index contributed by atoms with van der Waals surface area (Å²) < 4.78 is 0. The van der Waals surface area contributed by atoms with Crippen molar-refractivity contribution in [3.63, 3.8) is 0 Å². The van der Waals surface area contributed by atoms with Crippen molar-refractivity contribution < 1.29 is 4.79 Å². The summed E-state index contributed by atoms with van der Waals surface area (Å²) >= 11 is 0. The summed E-state index contributed by atoms with van der Waals surface area (Å²) in [5.41, 5.74) is 4.33. The molecule has 0 radical (unpaired) electrons. The van der Waals surface area contributed by atoms with Gasteiger partial charge in [0.2, 0.25) is 5.91 Å². The van der Waals surface area contributed by atoms with E-state index in [1.54, 1.807) is 0 Å². The number of amides is 1. The van der Waals surface area contributed by atoms with E-state index in [2.05, 4.69) is 46.0 Å². The minimum Gasteiger partial charge on any atom is -0.342 e. The van der Waals surface area contributed by atoms with Gasteiger partial charge in [-0.2, -0.15) is 0 Å². The standard InChI is InChI=1S/C24H31N3O/c1-20-3-2-4-22(17-20)18-26-15-10-24(11-16-26)9-5-23(28)27(19-24)14-8-21-6-12-25-13-7-21/h2-4,6-7,12-13,17H,5,8-11,14-16,18-19H2,1H3. The molecule has 0 saturated carbocycles. The Bertz CT molecular complexity index is 797. The molecular weight excluding hydrogens is 346 g/mol. The molecule has 148 valence electrons. The number of rotatable bonds is 5. The van der Waals surface area contributed by atoms with Crippen molar-refractivity contribution in [3.05, 3.63) is 65.5 Å². The van der Waals surface area contributed by atoms with Crippen LogP contribution in [-0.4, -0.2) is 46.9 Å². The number of hydrogen-bond acceptors (Lipinski definition) is 3. The number of nitrogens with zero attached hydrogens (tertiary/aromatic N) is 3. The lowest BCUT2D eigenvalue weighted by Gasteiger charge is -2.47. The maximum atomic E-state index is 12.5. The molecule has 4 heteroatoms. The van der Waals surface area contributed by atoms with Gasteiger partial charge in [-0.25, -0.2) is 0 Å². The van der Waals surface area contributed by atoms with Gasteiger partial charge < -0.3 is 4.90 Å². The van der Waals surface area contributed by atoms with Gasteiger partial charge in [0.1, 0.15) is 0 Å². The largest absolute Gasteiger partial charge is 0.342 e. The van der Waals surface area contributed by atoms with E-state index in [0.29, 0.717) is 17.7 Å². The fourth-order valence-corrected chi connectivity index (χ4v) is 4.78. The summed E-state index contributed by atoms with van der Waals surface area (Å²) in [5.74, 6) is 0.335. The highest BCUT2D eigenvalue weighted by molar-refractivity contribution is 5.77. The topological polar surface area (TPSA) is 36.4 Å². The minimum atomic E-state index is 0.329. The fourth-order valence-electron chi connectivity index (χ4n) is 4.78. The number of likely N-dealkylation sites (tertiary alicyclic amines) is 2. The highest BCUT2D eigenvalue weighted by Gasteiger charge is 2.40. The average molecular weight is 378 g/mol. The summed E-state index contributed by atoms with van der Waals surface area (Å²) in [6, 6.07) is 12.9. The molecule has 1 aromatic heterocycles. The van der Waals surface area contributed by atoms with Crippen LogP contribution in [0, 0.1) is 12.3 Å². The predicted molar refractivity (Wildman–Crippen MR) is 112 cm³/mol. The Kier molecular flexibility index (Phi) is 5.77. The van der Waals surface area contributed by atoms with Crippen molar-refractivity contribution in [2.24, 2.45) is 5.41 Å². The van der Waals surface area contributed by atoms with Crippen LogP contribution >= 0.6 is 0 Å². The number of carbonyl (C=O) groups is 1. The van der Waals surface area contributed by atoms with Gasteiger partial charge in [0, 0.05) is 38.4 Å². The molecule has 1 spiro atoms. The number of carbonyl (C=O) groups excluding carboxylic acids is 1. The predicted octanol–water partition coefficient (Wildman–Crippen LogP) is 3.84. The first kappa shape index (κ1) is 19.1. The number of piperidine rings is 2. The van der Waals surface area contributed by atoms with Gasteiger partial charge in [-0.05, 0) is 74.4 Å². The lowest BCUT2D eigenvalue weighted by Crippen LogP contribution is -2.51. The van der Waals surface area contributed by atoms with E-state index in [9.17, 15) is 4.79 Å². The Morgan fingerprint density at radius 2 is 1.82 bits per heavy atom. The van der Waals surface area contributed by atoms with Crippen LogP contribution in [0.25, 0.3) is 0 Å². The van der Waals surface area contributed by atoms with Crippen LogP contribution in [0.3, 0.4) is 0 Å². The van der Waals surface area contributed by atoms with Crippen LogP contribution in [0.2, 0.25) is 0 Å². The monoisotopic (exact) mass is 377 g/mol. The molecule has 0 bridgehead atoms. The van der Waals surface area contributed by atoms with Crippen molar-refractivity contribution in [1.29, 1.82) is 0 Å². The van der Waals surface area contributed by atoms with E-state index in [1.807, 2.05) is 24.5 Å². The minimum absolute atomic E-state index is 0.329. The van der Waals surface area contributed by atoms with Crippen LogP contribution in [0.1, 0.15) is 42.4 Å². The van der Waals surface area contributed by atoms with Crippen molar-refractivity contribution in [2.75, 3.05) is 26.2 Å². The van der Waals surface area contributed by atoms with E-state index in [-0.39, 0.29) is 0 Å². The third kappa shape index (κ3) is 4.61. The van der Waals surface area contributed by atoms with Crippen molar-refractivity contribution in [3.8, 4) is 0 Å². The fraction of sp³-hybridized carbons (Fsp3) is 0.500. The highest BCUT2D eigenvalue weighted by atomic mass is 16.2. The SMILES string of the molecule is Cc1cccc(CN2CCC3(CCC(=O)N(CCc4ccncc4)C3)CC2)c1. The van der Waals surface area contributed by atoms with Crippen LogP contribution in [0.15, 0.2) is 48.8 Å². The number of pyridine rings is 1. The maximum Gasteiger partial charge on any atom is 0.222 e. The molecule has 2 aliphatic heterocycles. The van der Waals surface area contributed by atoms with Gasteiger partial charge in [0.25, 0.3) is 0 Å². The first-order valence-corrected chi connectivity index (χ1v) is 10.6. The van der Waals surface area contributed by atoms with E-state index in [4.69, 9.17) is 0 Å². The molecule has 2 aliphatic rings. The third-order valence-corrected chi connectivity index (χ3v) is 6.57. The Labute approximate surface area is 168 Å². The number of aromatic nitrogens is 1. The molecule has 0 atom stereocenters. The zero-order valence-electron chi connectivity index (χ0n) is 16.9. The Morgan fingerprint density at radius 3 is 2.57 bits per heavy atom. The van der Waals surface area contributed by atoms with Crippen molar-refractivity contribution >= 4 is 5.91 Å². The van der Waals surface area contributed by atoms with E-state index < -0.39 is 0 Å². The van der Waals surface area contributed by atoms with Crippen molar-refractivity contribution in [1.82, 2.24) is 14.8 Å². The van der Waals surface area contributed by atoms with Crippen LogP contribution in [-0.2, 0) is 17.8 Å². The second-order valence-corrected chi connectivity index (χ2v) is 8.69. The summed E-state index contributed by atoms with van der Waals surface area (Å²) in [4.78, 5) is 21.3. The van der Waals surface area contributed by atoms with E-state index in [1.165, 1.54) is 29.5 Å². The maximum absolute atomic E-state index is 12.5. The normalized spacial score (nSPS) is 19.9. The van der Waals surface area contributed by atoms with Crippen molar-refractivity contribution in [2.45, 2.75) is 45.6 Å². The molecular formula is C24H31N3O. The highest BCUT2D eigenvalue weighted by Crippen LogP contribution is 2.40. The molecule has 4 nitrogen and oxygen atoms in total. The molecule has 1 amide bonds. The molecule has 0 aliphatic carbocycles. The van der Waals surface area contributed by atoms with Gasteiger partial charge in [-0.15, -0.1) is 0 Å². The first-order chi connectivity index (χ1) is 13.6. The van der Waals surface area contributed by atoms with Gasteiger partial charge >= 0.3 is 0 Å². The molecule has 2 saturated heterocycles. The van der Waals surface area contributed by atoms with Gasteiger partial charge in [-0.1, -0.05) is 29.8 Å². The van der Waals surface area contributed by atoms with Crippen LogP contribution in [0.5, 0.6) is 0 Å². The number of benzene rings is 1. The zero-order valence-corrected chi connectivity index (χ0v) is 16.9. The molecule has 4 rings (SSSR count). The summed E-state index contributed by atoms with van der Waals surface area (Å²) in [6.45, 7) is 7.25. The van der Waals surface area contributed by atoms with E-state index >= 15 is 0 Å². The molecule has 3 heterocycles. The van der Waals surface area contributed by atoms with Gasteiger partial charge in [0.15, 0.2) is 0 Å². The zero-order chi connectivity index (χ0) is 19.4. The van der Waals surface area contributed by atoms with Gasteiger partial charge in [-0.3, -0.25) is 14.7 Å². The van der Waals surface area contributed by atoms with E-state index in [0.717, 1.165) is 45.6 Å². The Balaban J connectivity index is 1.32. The van der Waals surface area contributed by atoms with Crippen LogP contribution in [0.4, 0.5) is 0 Å². The quantitative estimate of drug-likeness (QED) is 0.794. The lowest BCUT2D eigenvalue weighted by atomic mass is 9.72. The molecule has 0 N–H and O–H groups in total. The second kappa shape index (κ2) is 8.44. The summed E-state index contributed by atoms with van der Waals surface area (Å²) in [5, 5.41) is 0. The molecule has 0 unspecified atom stereocenters. The molecule has 2 fully saturated rings. The Hall–Kier alpha value is -2.20. The molecule has 28 heavy (non-hydrogen) atoms. The number of aryl methyl sites for hydroxylation is 1. The van der Waals surface area contributed by atoms with Gasteiger partial charge in [0.05, 0.1) is 0 Å². The third-order valence-electron chi connectivity index (χ3n) is 6.57. The summed E-state index contributed by atoms with van der Waals surface area (Å²) in [6.07, 6.45) is 8.78. The molecule has 1 aromatic carbocycles.